The van der Waals surface area contributed by atoms with Crippen LogP contribution in [0.3, 0.4) is 0 Å². The van der Waals surface area contributed by atoms with Gasteiger partial charge in [0, 0.05) is 43.2 Å². The van der Waals surface area contributed by atoms with E-state index >= 15 is 0 Å². The van der Waals surface area contributed by atoms with Crippen LogP contribution >= 0.6 is 0 Å². The molecule has 1 fully saturated rings. The molecule has 0 aromatic carbocycles. The molecule has 1 saturated heterocycles. The average molecular weight is 377 g/mol. The predicted molar refractivity (Wildman–Crippen MR) is 95.4 cm³/mol. The zero-order chi connectivity index (χ0) is 18.5. The summed E-state index contributed by atoms with van der Waals surface area (Å²) in [6.45, 7) is 4.47. The van der Waals surface area contributed by atoms with Gasteiger partial charge in [-0.05, 0) is 26.2 Å². The van der Waals surface area contributed by atoms with Crippen LogP contribution < -0.4 is 5.56 Å². The Balaban J connectivity index is 1.74. The molecule has 26 heavy (non-hydrogen) atoms. The molecular weight excluding hydrogens is 354 g/mol. The number of aryl methyl sites for hydroxylation is 2. The SMILES string of the molecule is CCc1nc2c(c(=O)[nH]1)CC1CCC(C2)N1S(=O)(=O)c1cnn(CC)c1. The van der Waals surface area contributed by atoms with E-state index in [0.29, 0.717) is 37.2 Å². The molecule has 2 bridgehead atoms. The first-order chi connectivity index (χ1) is 12.4. The number of fused-ring (bicyclic) bond motifs is 3. The number of hydrogen-bond acceptors (Lipinski definition) is 5. The number of rotatable bonds is 4. The Hall–Kier alpha value is -2.00. The first-order valence-electron chi connectivity index (χ1n) is 9.11. The minimum atomic E-state index is -3.65. The van der Waals surface area contributed by atoms with Gasteiger partial charge in [-0.1, -0.05) is 6.92 Å². The molecule has 2 atom stereocenters. The quantitative estimate of drug-likeness (QED) is 0.852. The topological polar surface area (TPSA) is 101 Å². The zero-order valence-corrected chi connectivity index (χ0v) is 15.8. The number of nitrogens with one attached hydrogen (secondary N) is 1. The molecule has 0 radical (unpaired) electrons. The highest BCUT2D eigenvalue weighted by atomic mass is 32.2. The Bertz CT molecular complexity index is 994. The van der Waals surface area contributed by atoms with E-state index in [1.165, 1.54) is 6.20 Å². The lowest BCUT2D eigenvalue weighted by molar-refractivity contribution is 0.327. The van der Waals surface area contributed by atoms with Crippen molar-refractivity contribution in [1.29, 1.82) is 0 Å². The fraction of sp³-hybridized carbons (Fsp3) is 0.588. The molecular formula is C17H23N5O3S. The maximum atomic E-state index is 13.3. The Labute approximate surface area is 152 Å². The van der Waals surface area contributed by atoms with Gasteiger partial charge in [0.15, 0.2) is 0 Å². The van der Waals surface area contributed by atoms with Crippen molar-refractivity contribution in [3.63, 3.8) is 0 Å². The first kappa shape index (κ1) is 17.4. The second kappa shape index (κ2) is 6.31. The first-order valence-corrected chi connectivity index (χ1v) is 10.5. The summed E-state index contributed by atoms with van der Waals surface area (Å²) in [4.78, 5) is 20.1. The molecule has 0 aliphatic carbocycles. The van der Waals surface area contributed by atoms with E-state index in [-0.39, 0.29) is 22.5 Å². The summed E-state index contributed by atoms with van der Waals surface area (Å²) >= 11 is 0. The zero-order valence-electron chi connectivity index (χ0n) is 15.0. The molecule has 2 aromatic rings. The van der Waals surface area contributed by atoms with E-state index < -0.39 is 10.0 Å². The molecule has 4 rings (SSSR count). The molecule has 4 heterocycles. The van der Waals surface area contributed by atoms with E-state index in [1.54, 1.807) is 15.2 Å². The number of hydrogen-bond donors (Lipinski definition) is 1. The van der Waals surface area contributed by atoms with Gasteiger partial charge in [0.1, 0.15) is 10.7 Å². The van der Waals surface area contributed by atoms with Crippen LogP contribution in [0, 0.1) is 0 Å². The van der Waals surface area contributed by atoms with Gasteiger partial charge in [0.2, 0.25) is 10.0 Å². The van der Waals surface area contributed by atoms with Crippen LogP contribution in [0.4, 0.5) is 0 Å². The Morgan fingerprint density at radius 3 is 2.62 bits per heavy atom. The Morgan fingerprint density at radius 2 is 1.96 bits per heavy atom. The average Bonchev–Trinajstić information content (AvgIpc) is 3.20. The van der Waals surface area contributed by atoms with E-state index in [0.717, 1.165) is 18.5 Å². The molecule has 0 saturated carbocycles. The summed E-state index contributed by atoms with van der Waals surface area (Å²) in [5.74, 6) is 0.658. The van der Waals surface area contributed by atoms with Crippen LogP contribution in [0.25, 0.3) is 0 Å². The monoisotopic (exact) mass is 377 g/mol. The summed E-state index contributed by atoms with van der Waals surface area (Å²) < 4.78 is 29.7. The van der Waals surface area contributed by atoms with Crippen molar-refractivity contribution in [2.24, 2.45) is 0 Å². The van der Waals surface area contributed by atoms with Crippen LogP contribution in [-0.4, -0.2) is 44.6 Å². The molecule has 0 spiro atoms. The van der Waals surface area contributed by atoms with E-state index in [2.05, 4.69) is 15.1 Å². The molecule has 2 aliphatic heterocycles. The lowest BCUT2D eigenvalue weighted by atomic mass is 9.98. The highest BCUT2D eigenvalue weighted by Gasteiger charge is 2.45. The molecule has 2 aliphatic rings. The van der Waals surface area contributed by atoms with Gasteiger partial charge in [-0.2, -0.15) is 9.40 Å². The molecule has 140 valence electrons. The molecule has 2 unspecified atom stereocenters. The van der Waals surface area contributed by atoms with Crippen molar-refractivity contribution in [3.05, 3.63) is 39.8 Å². The van der Waals surface area contributed by atoms with Crippen LogP contribution in [0.2, 0.25) is 0 Å². The maximum absolute atomic E-state index is 13.3. The molecule has 8 nitrogen and oxygen atoms in total. The molecule has 0 amide bonds. The van der Waals surface area contributed by atoms with Crippen molar-refractivity contribution in [2.75, 3.05) is 0 Å². The minimum Gasteiger partial charge on any atom is -0.310 e. The third-order valence-corrected chi connectivity index (χ3v) is 7.37. The summed E-state index contributed by atoms with van der Waals surface area (Å²) in [6.07, 6.45) is 6.10. The van der Waals surface area contributed by atoms with Gasteiger partial charge in [0.25, 0.3) is 5.56 Å². The van der Waals surface area contributed by atoms with Crippen molar-refractivity contribution in [1.82, 2.24) is 24.1 Å². The number of aromatic nitrogens is 4. The van der Waals surface area contributed by atoms with Gasteiger partial charge < -0.3 is 4.98 Å². The second-order valence-corrected chi connectivity index (χ2v) is 8.79. The third kappa shape index (κ3) is 2.69. The standard InChI is InChI=1S/C17H23N5O3S/c1-3-16-19-15-8-12-6-5-11(7-14(15)17(23)20-16)22(12)26(24,25)13-9-18-21(4-2)10-13/h9-12H,3-8H2,1-2H3,(H,19,20,23). The second-order valence-electron chi connectivity index (χ2n) is 6.95. The van der Waals surface area contributed by atoms with Crippen molar-refractivity contribution < 1.29 is 8.42 Å². The van der Waals surface area contributed by atoms with Crippen molar-refractivity contribution >= 4 is 10.0 Å². The molecule has 2 aromatic heterocycles. The van der Waals surface area contributed by atoms with Gasteiger partial charge in [0.05, 0.1) is 11.9 Å². The van der Waals surface area contributed by atoms with Gasteiger partial charge in [-0.25, -0.2) is 13.4 Å². The number of H-pyrrole nitrogens is 1. The number of nitrogens with zero attached hydrogens (tertiary/aromatic N) is 4. The van der Waals surface area contributed by atoms with Crippen LogP contribution in [0.15, 0.2) is 22.1 Å². The number of aromatic amines is 1. The minimum absolute atomic E-state index is 0.129. The summed E-state index contributed by atoms with van der Waals surface area (Å²) in [6, 6.07) is -0.359. The third-order valence-electron chi connectivity index (χ3n) is 5.42. The normalized spacial score (nSPS) is 23.0. The maximum Gasteiger partial charge on any atom is 0.254 e. The lowest BCUT2D eigenvalue weighted by Crippen LogP contribution is -2.41. The summed E-state index contributed by atoms with van der Waals surface area (Å²) in [5.41, 5.74) is 1.26. The van der Waals surface area contributed by atoms with Crippen LogP contribution in [0.5, 0.6) is 0 Å². The highest BCUT2D eigenvalue weighted by molar-refractivity contribution is 7.89. The van der Waals surface area contributed by atoms with E-state index in [9.17, 15) is 13.2 Å². The Morgan fingerprint density at radius 1 is 1.23 bits per heavy atom. The van der Waals surface area contributed by atoms with Crippen LogP contribution in [-0.2, 0) is 35.8 Å². The molecule has 1 N–H and O–H groups in total. The highest BCUT2D eigenvalue weighted by Crippen LogP contribution is 2.36. The smallest absolute Gasteiger partial charge is 0.254 e. The lowest BCUT2D eigenvalue weighted by Gasteiger charge is -2.26. The van der Waals surface area contributed by atoms with Crippen molar-refractivity contribution in [3.8, 4) is 0 Å². The fourth-order valence-corrected chi connectivity index (χ4v) is 5.91. The van der Waals surface area contributed by atoms with Crippen LogP contribution in [0.1, 0.15) is 43.8 Å². The van der Waals surface area contributed by atoms with E-state index in [1.807, 2.05) is 13.8 Å². The number of sulfonamides is 1. The molecule has 9 heteroatoms. The Kier molecular flexibility index (Phi) is 4.23. The van der Waals surface area contributed by atoms with Crippen molar-refractivity contribution in [2.45, 2.75) is 69.5 Å². The largest absolute Gasteiger partial charge is 0.310 e. The van der Waals surface area contributed by atoms with Gasteiger partial charge in [-0.3, -0.25) is 9.48 Å². The van der Waals surface area contributed by atoms with Gasteiger partial charge in [-0.15, -0.1) is 0 Å². The summed E-state index contributed by atoms with van der Waals surface area (Å²) in [5, 5.41) is 4.11. The van der Waals surface area contributed by atoms with Gasteiger partial charge >= 0.3 is 0 Å². The summed E-state index contributed by atoms with van der Waals surface area (Å²) in [7, 11) is -3.65. The fourth-order valence-electron chi connectivity index (χ4n) is 4.09. The van der Waals surface area contributed by atoms with E-state index in [4.69, 9.17) is 0 Å². The predicted octanol–water partition coefficient (Wildman–Crippen LogP) is 0.869.